The highest BCUT2D eigenvalue weighted by atomic mass is 32.2. The fourth-order valence-electron chi connectivity index (χ4n) is 3.10. The summed E-state index contributed by atoms with van der Waals surface area (Å²) in [6, 6.07) is 9.58. The van der Waals surface area contributed by atoms with E-state index >= 15 is 0 Å². The van der Waals surface area contributed by atoms with Gasteiger partial charge in [0.25, 0.3) is 0 Å². The number of ether oxygens (including phenoxy) is 2. The lowest BCUT2D eigenvalue weighted by Crippen LogP contribution is -2.33. The van der Waals surface area contributed by atoms with E-state index in [4.69, 9.17) is 21.1 Å². The Hall–Kier alpha value is -3.04. The van der Waals surface area contributed by atoms with Crippen LogP contribution in [-0.4, -0.2) is 28.4 Å². The van der Waals surface area contributed by atoms with Crippen LogP contribution >= 0.6 is 0 Å². The second kappa shape index (κ2) is 9.22. The van der Waals surface area contributed by atoms with Crippen LogP contribution in [0.1, 0.15) is 50.5 Å². The summed E-state index contributed by atoms with van der Waals surface area (Å²) in [5.74, 6) is 6.55. The average molecular weight is 462 g/mol. The summed E-state index contributed by atoms with van der Waals surface area (Å²) in [6.07, 6.45) is 0. The predicted molar refractivity (Wildman–Crippen MR) is 125 cm³/mol. The first-order valence-corrected chi connectivity index (χ1v) is 11.4. The number of carbonyl (C=O) groups excluding carboxylic acids is 1. The number of hydrazine groups is 1. The molecule has 0 bridgehead atoms. The molecule has 8 nitrogen and oxygen atoms in total. The smallest absolute Gasteiger partial charge is 0.223 e. The Kier molecular flexibility index (Phi) is 7.26. The summed E-state index contributed by atoms with van der Waals surface area (Å²) in [6.45, 7) is 9.01. The van der Waals surface area contributed by atoms with Crippen LogP contribution in [0.2, 0.25) is 0 Å². The first-order valence-electron chi connectivity index (χ1n) is 9.89. The molecule has 0 saturated heterocycles. The number of nitrogens with zero attached hydrogens (tertiary/aromatic N) is 1. The molecule has 2 aromatic rings. The van der Waals surface area contributed by atoms with Gasteiger partial charge in [0.1, 0.15) is 17.2 Å². The van der Waals surface area contributed by atoms with E-state index in [1.165, 1.54) is 52.3 Å². The second-order valence-corrected chi connectivity index (χ2v) is 10.3. The van der Waals surface area contributed by atoms with Crippen molar-refractivity contribution in [2.24, 2.45) is 11.6 Å². The number of anilines is 1. The van der Waals surface area contributed by atoms with E-state index in [2.05, 4.69) is 0 Å². The van der Waals surface area contributed by atoms with Gasteiger partial charge in [-0.15, -0.1) is 0 Å². The number of hydrogen-bond donors (Lipinski definition) is 2. The largest absolute Gasteiger partial charge is 0.496 e. The molecule has 0 aliphatic carbocycles. The Labute approximate surface area is 189 Å². The summed E-state index contributed by atoms with van der Waals surface area (Å²) < 4.78 is 36.9. The molecule has 0 radical (unpaired) electrons. The van der Waals surface area contributed by atoms with Crippen LogP contribution in [0.4, 0.5) is 5.69 Å². The van der Waals surface area contributed by atoms with Crippen molar-refractivity contribution in [2.75, 3.05) is 19.2 Å². The summed E-state index contributed by atoms with van der Waals surface area (Å²) in [4.78, 5) is 12.0. The maximum atomic E-state index is 13.1. The van der Waals surface area contributed by atoms with E-state index in [9.17, 15) is 13.2 Å². The molecule has 174 valence electrons. The third-order valence-electron chi connectivity index (χ3n) is 5.18. The number of Topliss-reactive ketones (excluding diaryl/α,β-unsaturated/α-hetero) is 1. The van der Waals surface area contributed by atoms with Crippen molar-refractivity contribution in [3.05, 3.63) is 58.3 Å². The topological polar surface area (TPSA) is 125 Å². The Morgan fingerprint density at radius 3 is 1.94 bits per heavy atom. The van der Waals surface area contributed by atoms with Crippen molar-refractivity contribution < 1.29 is 22.7 Å². The maximum absolute atomic E-state index is 13.1. The monoisotopic (exact) mass is 461 g/mol. The van der Waals surface area contributed by atoms with Crippen LogP contribution in [0.25, 0.3) is 0 Å². The van der Waals surface area contributed by atoms with Crippen LogP contribution in [0.5, 0.6) is 11.5 Å². The van der Waals surface area contributed by atoms with Crippen molar-refractivity contribution >= 4 is 21.3 Å². The molecule has 0 fully saturated rings. The van der Waals surface area contributed by atoms with E-state index in [0.717, 1.165) is 10.6 Å². The number of ketones is 1. The van der Waals surface area contributed by atoms with Crippen molar-refractivity contribution in [3.63, 3.8) is 0 Å². The molecule has 2 aromatic carbocycles. The summed E-state index contributed by atoms with van der Waals surface area (Å²) in [5, 5.41) is 0.696. The van der Waals surface area contributed by atoms with Crippen LogP contribution in [-0.2, 0) is 15.3 Å². The zero-order chi connectivity index (χ0) is 24.4. The number of allylic oxidation sites excluding steroid dienone is 1. The minimum Gasteiger partial charge on any atom is -0.496 e. The van der Waals surface area contributed by atoms with Crippen molar-refractivity contribution in [1.29, 1.82) is 0 Å². The van der Waals surface area contributed by atoms with Crippen LogP contribution < -0.4 is 26.1 Å². The zero-order valence-electron chi connectivity index (χ0n) is 19.5. The average Bonchev–Trinajstić information content (AvgIpc) is 2.75. The Balaban J connectivity index is 2.55. The highest BCUT2D eigenvalue weighted by Gasteiger charge is 2.25. The van der Waals surface area contributed by atoms with Gasteiger partial charge in [-0.25, -0.2) is 14.3 Å². The zero-order valence-corrected chi connectivity index (χ0v) is 20.3. The highest BCUT2D eigenvalue weighted by Crippen LogP contribution is 2.37. The molecule has 0 atom stereocenters. The van der Waals surface area contributed by atoms with Gasteiger partial charge in [0.2, 0.25) is 9.84 Å². The van der Waals surface area contributed by atoms with E-state index in [1.807, 2.05) is 20.8 Å². The molecule has 0 aromatic heterocycles. The molecule has 0 aliphatic heterocycles. The van der Waals surface area contributed by atoms with Gasteiger partial charge >= 0.3 is 0 Å². The maximum Gasteiger partial charge on any atom is 0.223 e. The van der Waals surface area contributed by atoms with Gasteiger partial charge in [-0.3, -0.25) is 9.80 Å². The molecule has 0 aliphatic rings. The lowest BCUT2D eigenvalue weighted by Gasteiger charge is -2.24. The van der Waals surface area contributed by atoms with Gasteiger partial charge in [0.15, 0.2) is 10.8 Å². The van der Waals surface area contributed by atoms with E-state index in [-0.39, 0.29) is 39.0 Å². The molecule has 9 heteroatoms. The fraction of sp³-hybridized carbons (Fsp3) is 0.348. The summed E-state index contributed by atoms with van der Waals surface area (Å²) in [7, 11) is -1.17. The quantitative estimate of drug-likeness (QED) is 0.365. The number of benzene rings is 2. The molecule has 0 spiro atoms. The van der Waals surface area contributed by atoms with Crippen LogP contribution in [0, 0.1) is 0 Å². The summed E-state index contributed by atoms with van der Waals surface area (Å²) in [5.41, 5.74) is 7.63. The normalized spacial score (nSPS) is 12.8. The van der Waals surface area contributed by atoms with Gasteiger partial charge in [-0.05, 0) is 43.0 Å². The number of methoxy groups -OCH3 is 2. The first-order chi connectivity index (χ1) is 14.7. The first kappa shape index (κ1) is 25.2. The van der Waals surface area contributed by atoms with Gasteiger partial charge in [-0.2, -0.15) is 0 Å². The standard InChI is InChI=1S/C23H31N3O5S/c1-14(22(24)32(28,29)17-10-8-16(9-11-17)23(3,4)5)26(25)19-13-20(30-6)18(15(2)27)12-21(19)31-7/h8-13H,24-25H2,1-7H3/b22-14+. The molecule has 4 N–H and O–H groups in total. The lowest BCUT2D eigenvalue weighted by atomic mass is 9.87. The van der Waals surface area contributed by atoms with E-state index in [1.54, 1.807) is 12.1 Å². The minimum atomic E-state index is -4.00. The molecule has 0 unspecified atom stereocenters. The number of hydrogen-bond acceptors (Lipinski definition) is 8. The predicted octanol–water partition coefficient (Wildman–Crippen LogP) is 3.51. The van der Waals surface area contributed by atoms with Gasteiger partial charge in [0, 0.05) is 6.07 Å². The van der Waals surface area contributed by atoms with Crippen molar-refractivity contribution in [1.82, 2.24) is 0 Å². The minimum absolute atomic E-state index is 0.0622. The molecule has 32 heavy (non-hydrogen) atoms. The highest BCUT2D eigenvalue weighted by molar-refractivity contribution is 7.95. The molecule has 0 heterocycles. The van der Waals surface area contributed by atoms with Crippen LogP contribution in [0.3, 0.4) is 0 Å². The molecule has 0 amide bonds. The Morgan fingerprint density at radius 1 is 0.969 bits per heavy atom. The molecule has 2 rings (SSSR count). The van der Waals surface area contributed by atoms with E-state index < -0.39 is 14.9 Å². The van der Waals surface area contributed by atoms with Crippen molar-refractivity contribution in [2.45, 2.75) is 44.9 Å². The van der Waals surface area contributed by atoms with Crippen molar-refractivity contribution in [3.8, 4) is 11.5 Å². The molecule has 0 saturated carbocycles. The van der Waals surface area contributed by atoms with Gasteiger partial charge in [-0.1, -0.05) is 32.9 Å². The third kappa shape index (κ3) is 4.89. The fourth-order valence-corrected chi connectivity index (χ4v) is 4.34. The SMILES string of the molecule is COc1cc(N(N)/C(C)=C(\N)S(=O)(=O)c2ccc(C(C)(C)C)cc2)c(OC)cc1C(C)=O. The Morgan fingerprint density at radius 2 is 1.50 bits per heavy atom. The van der Waals surface area contributed by atoms with Gasteiger partial charge in [0.05, 0.1) is 30.4 Å². The lowest BCUT2D eigenvalue weighted by molar-refractivity contribution is 0.101. The number of sulfone groups is 1. The third-order valence-corrected chi connectivity index (χ3v) is 6.95. The number of nitrogens with two attached hydrogens (primary N) is 2. The Bertz CT molecular complexity index is 1150. The summed E-state index contributed by atoms with van der Waals surface area (Å²) >= 11 is 0. The van der Waals surface area contributed by atoms with E-state index in [0.29, 0.717) is 5.56 Å². The number of rotatable bonds is 7. The molecular weight excluding hydrogens is 430 g/mol. The number of carbonyl (C=O) groups is 1. The van der Waals surface area contributed by atoms with Crippen LogP contribution in [0.15, 0.2) is 52.0 Å². The second-order valence-electron chi connectivity index (χ2n) is 8.38. The van der Waals surface area contributed by atoms with Gasteiger partial charge < -0.3 is 15.2 Å². The molecular formula is C23H31N3O5S.